The number of hydrogen-bond acceptors (Lipinski definition) is 2. The minimum atomic E-state index is -0.0612. The first-order valence-corrected chi connectivity index (χ1v) is 10.1. The predicted octanol–water partition coefficient (Wildman–Crippen LogP) is 5.87. The van der Waals surface area contributed by atoms with Gasteiger partial charge in [-0.15, -0.1) is 0 Å². The van der Waals surface area contributed by atoms with E-state index in [4.69, 9.17) is 0 Å². The molecule has 2 atom stereocenters. The van der Waals surface area contributed by atoms with Crippen LogP contribution in [0, 0.1) is 25.1 Å². The highest BCUT2D eigenvalue weighted by Crippen LogP contribution is 2.52. The molecule has 0 aromatic heterocycles. The van der Waals surface area contributed by atoms with Crippen LogP contribution in [0.15, 0.2) is 30.3 Å². The summed E-state index contributed by atoms with van der Waals surface area (Å²) in [5, 5.41) is 3.10. The highest BCUT2D eigenvalue weighted by molar-refractivity contribution is 5.93. The summed E-state index contributed by atoms with van der Waals surface area (Å²) in [6.45, 7) is 11.2. The van der Waals surface area contributed by atoms with Crippen molar-refractivity contribution in [3.05, 3.63) is 58.4 Å². The van der Waals surface area contributed by atoms with E-state index < -0.39 is 0 Å². The minimum Gasteiger partial charge on any atom is -0.364 e. The molecule has 2 unspecified atom stereocenters. The van der Waals surface area contributed by atoms with Crippen molar-refractivity contribution in [2.24, 2.45) is 5.41 Å². The van der Waals surface area contributed by atoms with Crippen LogP contribution in [-0.2, 0) is 4.79 Å². The monoisotopic (exact) mass is 380 g/mol. The van der Waals surface area contributed by atoms with Gasteiger partial charge in [0.25, 0.3) is 0 Å². The average Bonchev–Trinajstić information content (AvgIpc) is 3.16. The fraction of sp³-hybridized carbons (Fsp3) is 0.458. The van der Waals surface area contributed by atoms with Crippen LogP contribution < -0.4 is 10.2 Å². The number of hydrogen-bond donors (Lipinski definition) is 1. The zero-order valence-electron chi connectivity index (χ0n) is 17.4. The predicted molar refractivity (Wildman–Crippen MR) is 112 cm³/mol. The van der Waals surface area contributed by atoms with Crippen LogP contribution >= 0.6 is 0 Å². The van der Waals surface area contributed by atoms with Gasteiger partial charge < -0.3 is 10.2 Å². The third kappa shape index (κ3) is 3.30. The van der Waals surface area contributed by atoms with Gasteiger partial charge in [0.2, 0.25) is 5.91 Å². The summed E-state index contributed by atoms with van der Waals surface area (Å²) < 4.78 is 14.2. The second-order valence-electron chi connectivity index (χ2n) is 9.58. The molecule has 2 aliphatic rings. The Bertz CT molecular complexity index is 921. The molecule has 1 N–H and O–H groups in total. The molecule has 0 radical (unpaired) electrons. The molecule has 3 nitrogen and oxygen atoms in total. The Morgan fingerprint density at radius 2 is 1.89 bits per heavy atom. The molecule has 2 aromatic rings. The van der Waals surface area contributed by atoms with Gasteiger partial charge in [-0.1, -0.05) is 32.9 Å². The first-order chi connectivity index (χ1) is 13.1. The van der Waals surface area contributed by atoms with Gasteiger partial charge in [-0.25, -0.2) is 4.39 Å². The van der Waals surface area contributed by atoms with Gasteiger partial charge in [-0.05, 0) is 66.1 Å². The number of nitrogens with zero attached hydrogens (tertiary/aromatic N) is 1. The van der Waals surface area contributed by atoms with E-state index >= 15 is 0 Å². The molecule has 1 heterocycles. The maximum atomic E-state index is 14.2. The first kappa shape index (κ1) is 19.0. The molecule has 1 saturated heterocycles. The van der Waals surface area contributed by atoms with E-state index in [1.54, 1.807) is 6.07 Å². The molecule has 2 aromatic carbocycles. The summed E-state index contributed by atoms with van der Waals surface area (Å²) in [5.41, 5.74) is 6.22. The Kier molecular flexibility index (Phi) is 4.48. The number of fused-ring (bicyclic) bond motifs is 5. The highest BCUT2D eigenvalue weighted by atomic mass is 19.1. The Balaban J connectivity index is 1.59. The van der Waals surface area contributed by atoms with Crippen LogP contribution in [0.3, 0.4) is 0 Å². The molecule has 28 heavy (non-hydrogen) atoms. The summed E-state index contributed by atoms with van der Waals surface area (Å²) in [5.74, 6) is 0.262. The number of nitrogens with one attached hydrogen (secondary N) is 1. The summed E-state index contributed by atoms with van der Waals surface area (Å²) in [6.07, 6.45) is 1.48. The Labute approximate surface area is 166 Å². The van der Waals surface area contributed by atoms with Crippen LogP contribution in [0.4, 0.5) is 15.8 Å². The molecular formula is C24H29FN2O. The molecule has 148 valence electrons. The minimum absolute atomic E-state index is 0.0384. The maximum Gasteiger partial charge on any atom is 0.224 e. The van der Waals surface area contributed by atoms with Gasteiger partial charge in [0, 0.05) is 30.3 Å². The number of halogens is 1. The molecule has 1 amide bonds. The van der Waals surface area contributed by atoms with Gasteiger partial charge in [-0.3, -0.25) is 4.79 Å². The van der Waals surface area contributed by atoms with Crippen molar-refractivity contribution in [3.63, 3.8) is 0 Å². The van der Waals surface area contributed by atoms with E-state index in [1.807, 2.05) is 19.9 Å². The second kappa shape index (κ2) is 6.61. The first-order valence-electron chi connectivity index (χ1n) is 10.1. The molecule has 2 bridgehead atoms. The number of carbonyl (C=O) groups is 1. The Morgan fingerprint density at radius 3 is 2.54 bits per heavy atom. The number of rotatable bonds is 3. The van der Waals surface area contributed by atoms with Crippen molar-refractivity contribution in [1.29, 1.82) is 0 Å². The lowest BCUT2D eigenvalue weighted by Gasteiger charge is -2.32. The number of anilines is 2. The number of benzene rings is 2. The number of amides is 1. The molecule has 1 aliphatic heterocycles. The van der Waals surface area contributed by atoms with Gasteiger partial charge in [0.15, 0.2) is 0 Å². The van der Waals surface area contributed by atoms with Crippen molar-refractivity contribution in [1.82, 2.24) is 0 Å². The molecule has 0 saturated carbocycles. The molecule has 1 aliphatic carbocycles. The fourth-order valence-corrected chi connectivity index (χ4v) is 4.87. The van der Waals surface area contributed by atoms with Crippen molar-refractivity contribution in [2.75, 3.05) is 16.8 Å². The van der Waals surface area contributed by atoms with E-state index in [0.29, 0.717) is 6.42 Å². The summed E-state index contributed by atoms with van der Waals surface area (Å²) >= 11 is 0. The maximum absolute atomic E-state index is 14.2. The average molecular weight is 381 g/mol. The van der Waals surface area contributed by atoms with Crippen molar-refractivity contribution in [2.45, 2.75) is 59.4 Å². The lowest BCUT2D eigenvalue weighted by atomic mass is 9.92. The topological polar surface area (TPSA) is 32.3 Å². The molecule has 1 fully saturated rings. The van der Waals surface area contributed by atoms with E-state index in [1.165, 1.54) is 0 Å². The van der Waals surface area contributed by atoms with Crippen LogP contribution in [0.2, 0.25) is 0 Å². The van der Waals surface area contributed by atoms with Crippen molar-refractivity contribution < 1.29 is 9.18 Å². The van der Waals surface area contributed by atoms with Crippen molar-refractivity contribution in [3.8, 4) is 0 Å². The lowest BCUT2D eigenvalue weighted by molar-refractivity contribution is -0.117. The summed E-state index contributed by atoms with van der Waals surface area (Å²) in [6, 6.07) is 10.0. The molecular weight excluding hydrogens is 351 g/mol. The zero-order valence-corrected chi connectivity index (χ0v) is 17.4. The standard InChI is InChI=1S/C24H29FN2O/c1-14-9-17(10-15(2)23(14)26-21(28)12-24(3,4)5)27-13-16-11-20(27)18-7-6-8-19(25)22(16)18/h6-10,16,20H,11-13H2,1-5H3,(H,26,28). The lowest BCUT2D eigenvalue weighted by Crippen LogP contribution is -2.28. The van der Waals surface area contributed by atoms with Gasteiger partial charge >= 0.3 is 0 Å². The van der Waals surface area contributed by atoms with Gasteiger partial charge in [0.1, 0.15) is 5.82 Å². The van der Waals surface area contributed by atoms with Crippen LogP contribution in [0.5, 0.6) is 0 Å². The molecule has 0 spiro atoms. The second-order valence-corrected chi connectivity index (χ2v) is 9.58. The van der Waals surface area contributed by atoms with Gasteiger partial charge in [0.05, 0.1) is 6.04 Å². The summed E-state index contributed by atoms with van der Waals surface area (Å²) in [4.78, 5) is 14.8. The number of aryl methyl sites for hydroxylation is 2. The van der Waals surface area contributed by atoms with E-state index in [2.05, 4.69) is 49.2 Å². The molecule has 4 heteroatoms. The van der Waals surface area contributed by atoms with Crippen LogP contribution in [0.1, 0.15) is 67.8 Å². The molecule has 4 rings (SSSR count). The zero-order chi connectivity index (χ0) is 20.2. The van der Waals surface area contributed by atoms with E-state index in [9.17, 15) is 9.18 Å². The SMILES string of the molecule is Cc1cc(N2CC3CC2c2cccc(F)c23)cc(C)c1NC(=O)CC(C)(C)C. The fourth-order valence-electron chi connectivity index (χ4n) is 4.87. The summed E-state index contributed by atoms with van der Waals surface area (Å²) in [7, 11) is 0. The third-order valence-corrected chi connectivity index (χ3v) is 5.96. The largest absolute Gasteiger partial charge is 0.364 e. The van der Waals surface area contributed by atoms with Crippen LogP contribution in [-0.4, -0.2) is 12.5 Å². The Hall–Kier alpha value is -2.36. The quantitative estimate of drug-likeness (QED) is 0.723. The van der Waals surface area contributed by atoms with E-state index in [-0.39, 0.29) is 29.1 Å². The highest BCUT2D eigenvalue weighted by Gasteiger charge is 2.44. The van der Waals surface area contributed by atoms with E-state index in [0.717, 1.165) is 46.6 Å². The number of carbonyl (C=O) groups excluding carboxylic acids is 1. The Morgan fingerprint density at radius 1 is 1.21 bits per heavy atom. The van der Waals surface area contributed by atoms with Gasteiger partial charge in [-0.2, -0.15) is 0 Å². The normalized spacial score (nSPS) is 20.4. The van der Waals surface area contributed by atoms with Crippen LogP contribution in [0.25, 0.3) is 0 Å². The van der Waals surface area contributed by atoms with Crippen molar-refractivity contribution >= 4 is 17.3 Å². The smallest absolute Gasteiger partial charge is 0.224 e. The third-order valence-electron chi connectivity index (χ3n) is 5.96.